The lowest BCUT2D eigenvalue weighted by Gasteiger charge is -2.10. The van der Waals surface area contributed by atoms with E-state index in [9.17, 15) is 9.59 Å². The van der Waals surface area contributed by atoms with Gasteiger partial charge in [0.05, 0.1) is 13.1 Å². The Balaban J connectivity index is 2.07. The number of hydrogen-bond acceptors (Lipinski definition) is 6. The fourth-order valence-corrected chi connectivity index (χ4v) is 1.63. The Morgan fingerprint density at radius 2 is 2.14 bits per heavy atom. The normalized spacial score (nSPS) is 10.2. The lowest BCUT2D eigenvalue weighted by molar-refractivity contribution is -0.123. The van der Waals surface area contributed by atoms with Crippen molar-refractivity contribution in [2.45, 2.75) is 6.92 Å². The first-order valence-corrected chi connectivity index (χ1v) is 6.24. The van der Waals surface area contributed by atoms with Crippen LogP contribution in [0, 0.1) is 6.92 Å². The number of nitrogens with zero attached hydrogens (tertiary/aromatic N) is 2. The predicted molar refractivity (Wildman–Crippen MR) is 75.2 cm³/mol. The second-order valence-corrected chi connectivity index (χ2v) is 4.30. The van der Waals surface area contributed by atoms with Crippen molar-refractivity contribution in [3.63, 3.8) is 0 Å². The maximum Gasteiger partial charge on any atom is 0.247 e. The van der Waals surface area contributed by atoms with Crippen molar-refractivity contribution in [3.05, 3.63) is 30.2 Å². The molecule has 1 heterocycles. The summed E-state index contributed by atoms with van der Waals surface area (Å²) in [6.45, 7) is 1.56. The molecule has 1 aromatic heterocycles. The second kappa shape index (κ2) is 6.62. The van der Waals surface area contributed by atoms with Crippen molar-refractivity contribution in [3.8, 4) is 11.5 Å². The number of amides is 2. The quantitative estimate of drug-likeness (QED) is 0.715. The molecule has 21 heavy (non-hydrogen) atoms. The van der Waals surface area contributed by atoms with E-state index in [-0.39, 0.29) is 24.9 Å². The maximum absolute atomic E-state index is 11.8. The third kappa shape index (κ3) is 3.86. The molecule has 8 heteroatoms. The Kier molecular flexibility index (Phi) is 4.62. The summed E-state index contributed by atoms with van der Waals surface area (Å²) >= 11 is 0. The van der Waals surface area contributed by atoms with Crippen LogP contribution in [0.25, 0.3) is 11.5 Å². The largest absolute Gasteiger partial charge is 0.423 e. The van der Waals surface area contributed by atoms with Crippen molar-refractivity contribution in [2.24, 2.45) is 5.73 Å². The first-order valence-electron chi connectivity index (χ1n) is 6.24. The van der Waals surface area contributed by atoms with E-state index in [4.69, 9.17) is 10.2 Å². The van der Waals surface area contributed by atoms with Crippen molar-refractivity contribution in [2.75, 3.05) is 18.4 Å². The van der Waals surface area contributed by atoms with Crippen molar-refractivity contribution >= 4 is 17.5 Å². The first-order chi connectivity index (χ1) is 10.1. The van der Waals surface area contributed by atoms with Crippen LogP contribution in [0.2, 0.25) is 0 Å². The number of nitrogens with one attached hydrogen (secondary N) is 2. The molecule has 0 aliphatic heterocycles. The van der Waals surface area contributed by atoms with Gasteiger partial charge in [0.25, 0.3) is 0 Å². The van der Waals surface area contributed by atoms with Crippen LogP contribution in [0.15, 0.2) is 29.0 Å². The smallest absolute Gasteiger partial charge is 0.247 e. The highest BCUT2D eigenvalue weighted by Crippen LogP contribution is 2.23. The molecule has 0 fully saturated rings. The standard InChI is InChI=1S/C13H15N5O3/c1-8-2-3-9(13-18-16-7-21-13)4-10(8)17-12(20)6-15-11(19)5-14/h2-4,7H,5-6,14H2,1H3,(H,15,19)(H,17,20). The molecule has 0 saturated heterocycles. The Labute approximate surface area is 120 Å². The number of hydrogen-bond donors (Lipinski definition) is 3. The van der Waals surface area contributed by atoms with E-state index in [0.29, 0.717) is 17.1 Å². The van der Waals surface area contributed by atoms with Gasteiger partial charge in [-0.15, -0.1) is 10.2 Å². The summed E-state index contributed by atoms with van der Waals surface area (Å²) in [5, 5.41) is 12.5. The summed E-state index contributed by atoms with van der Waals surface area (Å²) in [7, 11) is 0. The highest BCUT2D eigenvalue weighted by molar-refractivity contribution is 5.95. The SMILES string of the molecule is Cc1ccc(-c2nnco2)cc1NC(=O)CNC(=O)CN. The molecule has 0 spiro atoms. The number of benzene rings is 1. The maximum atomic E-state index is 11.8. The summed E-state index contributed by atoms with van der Waals surface area (Å²) in [6, 6.07) is 5.37. The molecule has 0 bridgehead atoms. The van der Waals surface area contributed by atoms with Crippen LogP contribution in [-0.4, -0.2) is 35.1 Å². The van der Waals surface area contributed by atoms with E-state index in [2.05, 4.69) is 20.8 Å². The summed E-state index contributed by atoms with van der Waals surface area (Å²) in [5.41, 5.74) is 7.32. The molecule has 0 unspecified atom stereocenters. The van der Waals surface area contributed by atoms with Crippen LogP contribution in [0.4, 0.5) is 5.69 Å². The molecule has 4 N–H and O–H groups in total. The van der Waals surface area contributed by atoms with Gasteiger partial charge in [-0.05, 0) is 24.6 Å². The molecule has 0 atom stereocenters. The number of rotatable bonds is 5. The van der Waals surface area contributed by atoms with Crippen LogP contribution in [0.3, 0.4) is 0 Å². The summed E-state index contributed by atoms with van der Waals surface area (Å²) in [5.74, 6) is -0.369. The summed E-state index contributed by atoms with van der Waals surface area (Å²) in [4.78, 5) is 22.8. The molecule has 110 valence electrons. The van der Waals surface area contributed by atoms with E-state index in [1.54, 1.807) is 6.07 Å². The highest BCUT2D eigenvalue weighted by Gasteiger charge is 2.10. The van der Waals surface area contributed by atoms with Crippen molar-refractivity contribution < 1.29 is 14.0 Å². The zero-order valence-electron chi connectivity index (χ0n) is 11.4. The highest BCUT2D eigenvalue weighted by atomic mass is 16.4. The van der Waals surface area contributed by atoms with Gasteiger partial charge in [-0.25, -0.2) is 0 Å². The predicted octanol–water partition coefficient (Wildman–Crippen LogP) is 0.0584. The second-order valence-electron chi connectivity index (χ2n) is 4.30. The van der Waals surface area contributed by atoms with Gasteiger partial charge in [0.2, 0.25) is 24.1 Å². The fraction of sp³-hybridized carbons (Fsp3) is 0.231. The monoisotopic (exact) mass is 289 g/mol. The van der Waals surface area contributed by atoms with E-state index < -0.39 is 0 Å². The Morgan fingerprint density at radius 1 is 1.33 bits per heavy atom. The van der Waals surface area contributed by atoms with E-state index in [1.807, 2.05) is 19.1 Å². The van der Waals surface area contributed by atoms with Crippen LogP contribution in [-0.2, 0) is 9.59 Å². The van der Waals surface area contributed by atoms with Gasteiger partial charge in [-0.2, -0.15) is 0 Å². The van der Waals surface area contributed by atoms with Crippen LogP contribution in [0.1, 0.15) is 5.56 Å². The van der Waals surface area contributed by atoms with Gasteiger partial charge in [0, 0.05) is 11.3 Å². The fourth-order valence-electron chi connectivity index (χ4n) is 1.63. The Bertz CT molecular complexity index is 639. The lowest BCUT2D eigenvalue weighted by Crippen LogP contribution is -2.36. The van der Waals surface area contributed by atoms with Crippen LogP contribution < -0.4 is 16.4 Å². The summed E-state index contributed by atoms with van der Waals surface area (Å²) < 4.78 is 5.11. The van der Waals surface area contributed by atoms with Gasteiger partial charge in [-0.3, -0.25) is 9.59 Å². The van der Waals surface area contributed by atoms with E-state index in [1.165, 1.54) is 6.39 Å². The molecule has 0 aliphatic carbocycles. The molecule has 0 saturated carbocycles. The number of aromatic nitrogens is 2. The third-order valence-corrected chi connectivity index (χ3v) is 2.75. The Morgan fingerprint density at radius 3 is 2.81 bits per heavy atom. The molecule has 2 aromatic rings. The zero-order chi connectivity index (χ0) is 15.2. The molecule has 2 amide bonds. The zero-order valence-corrected chi connectivity index (χ0v) is 11.4. The van der Waals surface area contributed by atoms with Gasteiger partial charge in [0.15, 0.2) is 0 Å². The molecule has 0 aliphatic rings. The number of carbonyl (C=O) groups excluding carboxylic acids is 2. The van der Waals surface area contributed by atoms with Crippen molar-refractivity contribution in [1.82, 2.24) is 15.5 Å². The van der Waals surface area contributed by atoms with E-state index in [0.717, 1.165) is 5.56 Å². The number of aryl methyl sites for hydroxylation is 1. The number of anilines is 1. The molecule has 2 rings (SSSR count). The average molecular weight is 289 g/mol. The third-order valence-electron chi connectivity index (χ3n) is 2.75. The minimum atomic E-state index is -0.388. The van der Waals surface area contributed by atoms with Crippen LogP contribution in [0.5, 0.6) is 0 Å². The number of nitrogens with two attached hydrogens (primary N) is 1. The molecule has 8 nitrogen and oxygen atoms in total. The van der Waals surface area contributed by atoms with Gasteiger partial charge < -0.3 is 20.8 Å². The van der Waals surface area contributed by atoms with Gasteiger partial charge in [-0.1, -0.05) is 6.07 Å². The average Bonchev–Trinajstić information content (AvgIpc) is 3.01. The number of carbonyl (C=O) groups is 2. The molecular weight excluding hydrogens is 274 g/mol. The van der Waals surface area contributed by atoms with E-state index >= 15 is 0 Å². The Hall–Kier alpha value is -2.74. The minimum Gasteiger partial charge on any atom is -0.423 e. The first kappa shape index (κ1) is 14.7. The molecular formula is C13H15N5O3. The molecule has 1 aromatic carbocycles. The van der Waals surface area contributed by atoms with Crippen molar-refractivity contribution in [1.29, 1.82) is 0 Å². The topological polar surface area (TPSA) is 123 Å². The minimum absolute atomic E-state index is 0.139. The van der Waals surface area contributed by atoms with Gasteiger partial charge in [0.1, 0.15) is 0 Å². The van der Waals surface area contributed by atoms with Gasteiger partial charge >= 0.3 is 0 Å². The summed E-state index contributed by atoms with van der Waals surface area (Å²) in [6.07, 6.45) is 1.23. The molecule has 0 radical (unpaired) electrons. The van der Waals surface area contributed by atoms with Crippen LogP contribution >= 0.6 is 0 Å². The lowest BCUT2D eigenvalue weighted by atomic mass is 10.1.